The van der Waals surface area contributed by atoms with Crippen molar-refractivity contribution in [2.24, 2.45) is 0 Å². The summed E-state index contributed by atoms with van der Waals surface area (Å²) in [5, 5.41) is 14.5. The highest BCUT2D eigenvalue weighted by atomic mass is 16.5. The molecule has 29 heavy (non-hydrogen) atoms. The van der Waals surface area contributed by atoms with Crippen molar-refractivity contribution in [3.8, 4) is 33.9 Å². The maximum Gasteiger partial charge on any atom is 0.161 e. The molecule has 0 unspecified atom stereocenters. The van der Waals surface area contributed by atoms with Crippen LogP contribution in [-0.2, 0) is 0 Å². The molecule has 0 fully saturated rings. The third kappa shape index (κ3) is 3.07. The van der Waals surface area contributed by atoms with E-state index in [-0.39, 0.29) is 5.75 Å². The Hall–Kier alpha value is -3.85. The normalized spacial score (nSPS) is 11.1. The highest BCUT2D eigenvalue weighted by molar-refractivity contribution is 5.98. The number of hydrogen-bond donors (Lipinski definition) is 1. The van der Waals surface area contributed by atoms with Gasteiger partial charge in [-0.1, -0.05) is 54.6 Å². The van der Waals surface area contributed by atoms with E-state index < -0.39 is 0 Å². The molecule has 0 amide bonds. The van der Waals surface area contributed by atoms with E-state index in [1.165, 1.54) is 10.8 Å². The van der Waals surface area contributed by atoms with Crippen molar-refractivity contribution >= 4 is 21.5 Å². The fourth-order valence-corrected chi connectivity index (χ4v) is 3.78. The molecule has 0 bridgehead atoms. The topological polar surface area (TPSA) is 42.4 Å². The number of aromatic hydroxyl groups is 1. The third-order valence-corrected chi connectivity index (χ3v) is 5.30. The number of rotatable bonds is 3. The highest BCUT2D eigenvalue weighted by Gasteiger charge is 2.09. The summed E-state index contributed by atoms with van der Waals surface area (Å²) in [6.07, 6.45) is 1.86. The molecule has 3 nitrogen and oxygen atoms in total. The number of hydrogen-bond acceptors (Lipinski definition) is 3. The van der Waals surface area contributed by atoms with Crippen molar-refractivity contribution in [2.75, 3.05) is 7.11 Å². The molecular weight excluding hydrogens is 358 g/mol. The molecule has 5 rings (SSSR count). The SMILES string of the molecule is COc1cc(-c2ccc3c(-c4ccc5ccccc5c4)nccc3c2)ccc1O. The molecule has 0 aliphatic heterocycles. The van der Waals surface area contributed by atoms with Gasteiger partial charge in [0.2, 0.25) is 0 Å². The highest BCUT2D eigenvalue weighted by Crippen LogP contribution is 2.35. The van der Waals surface area contributed by atoms with Crippen molar-refractivity contribution in [2.45, 2.75) is 0 Å². The minimum absolute atomic E-state index is 0.139. The number of phenols is 1. The largest absolute Gasteiger partial charge is 0.504 e. The van der Waals surface area contributed by atoms with E-state index in [1.54, 1.807) is 13.2 Å². The molecule has 0 radical (unpaired) electrons. The zero-order valence-electron chi connectivity index (χ0n) is 16.0. The van der Waals surface area contributed by atoms with Crippen molar-refractivity contribution in [3.05, 3.63) is 91.1 Å². The average Bonchev–Trinajstić information content (AvgIpc) is 2.78. The van der Waals surface area contributed by atoms with E-state index >= 15 is 0 Å². The van der Waals surface area contributed by atoms with Crippen LogP contribution in [0.2, 0.25) is 0 Å². The lowest BCUT2D eigenvalue weighted by molar-refractivity contribution is 0.373. The van der Waals surface area contributed by atoms with Gasteiger partial charge in [-0.05, 0) is 57.6 Å². The Morgan fingerprint density at radius 1 is 0.690 bits per heavy atom. The molecule has 5 aromatic rings. The summed E-state index contributed by atoms with van der Waals surface area (Å²) in [5.74, 6) is 0.606. The Morgan fingerprint density at radius 2 is 1.41 bits per heavy atom. The third-order valence-electron chi connectivity index (χ3n) is 5.30. The summed E-state index contributed by atoms with van der Waals surface area (Å²) in [4.78, 5) is 4.67. The molecule has 0 saturated heterocycles. The van der Waals surface area contributed by atoms with E-state index in [0.29, 0.717) is 5.75 Å². The van der Waals surface area contributed by atoms with E-state index in [4.69, 9.17) is 4.74 Å². The minimum Gasteiger partial charge on any atom is -0.504 e. The molecule has 0 atom stereocenters. The summed E-state index contributed by atoms with van der Waals surface area (Å²) in [6.45, 7) is 0. The predicted molar refractivity (Wildman–Crippen MR) is 118 cm³/mol. The lowest BCUT2D eigenvalue weighted by Crippen LogP contribution is -1.88. The van der Waals surface area contributed by atoms with E-state index in [2.05, 4.69) is 65.6 Å². The van der Waals surface area contributed by atoms with Crippen molar-refractivity contribution in [1.82, 2.24) is 4.98 Å². The summed E-state index contributed by atoms with van der Waals surface area (Å²) < 4.78 is 5.25. The fraction of sp³-hybridized carbons (Fsp3) is 0.0385. The van der Waals surface area contributed by atoms with Crippen LogP contribution in [0.5, 0.6) is 11.5 Å². The second-order valence-corrected chi connectivity index (χ2v) is 7.04. The molecule has 1 aromatic heterocycles. The van der Waals surface area contributed by atoms with Crippen molar-refractivity contribution < 1.29 is 9.84 Å². The van der Waals surface area contributed by atoms with Gasteiger partial charge in [0.05, 0.1) is 12.8 Å². The summed E-state index contributed by atoms with van der Waals surface area (Å²) >= 11 is 0. The number of fused-ring (bicyclic) bond motifs is 2. The van der Waals surface area contributed by atoms with Crippen LogP contribution in [0, 0.1) is 0 Å². The lowest BCUT2D eigenvalue weighted by Gasteiger charge is -2.10. The van der Waals surface area contributed by atoms with Gasteiger partial charge in [0.25, 0.3) is 0 Å². The molecule has 0 aliphatic rings. The molecule has 4 aromatic carbocycles. The van der Waals surface area contributed by atoms with Crippen LogP contribution in [0.15, 0.2) is 91.1 Å². The average molecular weight is 377 g/mol. The smallest absolute Gasteiger partial charge is 0.161 e. The lowest BCUT2D eigenvalue weighted by atomic mass is 9.97. The summed E-state index contributed by atoms with van der Waals surface area (Å²) in [6, 6.07) is 28.6. The van der Waals surface area contributed by atoms with Gasteiger partial charge in [0.1, 0.15) is 0 Å². The Labute approximate surface area is 168 Å². The Morgan fingerprint density at radius 3 is 2.28 bits per heavy atom. The van der Waals surface area contributed by atoms with Gasteiger partial charge in [-0.2, -0.15) is 0 Å². The molecule has 140 valence electrons. The molecule has 0 spiro atoms. The fourth-order valence-electron chi connectivity index (χ4n) is 3.78. The maximum absolute atomic E-state index is 9.86. The predicted octanol–water partition coefficient (Wildman–Crippen LogP) is 6.44. The number of ether oxygens (including phenoxy) is 1. The number of benzene rings is 4. The maximum atomic E-state index is 9.86. The first kappa shape index (κ1) is 17.3. The van der Waals surface area contributed by atoms with Gasteiger partial charge in [-0.3, -0.25) is 4.98 Å². The summed E-state index contributed by atoms with van der Waals surface area (Å²) in [7, 11) is 1.56. The van der Waals surface area contributed by atoms with Gasteiger partial charge in [-0.25, -0.2) is 0 Å². The van der Waals surface area contributed by atoms with E-state index in [1.807, 2.05) is 24.4 Å². The van der Waals surface area contributed by atoms with Crippen LogP contribution < -0.4 is 4.74 Å². The Bertz CT molecular complexity index is 1360. The van der Waals surface area contributed by atoms with Crippen molar-refractivity contribution in [1.29, 1.82) is 0 Å². The number of nitrogens with zero attached hydrogens (tertiary/aromatic N) is 1. The van der Waals surface area contributed by atoms with Gasteiger partial charge in [0, 0.05) is 17.1 Å². The summed E-state index contributed by atoms with van der Waals surface area (Å²) in [5.41, 5.74) is 4.13. The zero-order chi connectivity index (χ0) is 19.8. The standard InChI is InChI=1S/C26H19NO2/c1-29-25-16-20(9-11-24(25)28)19-8-10-23-21(14-19)12-13-27-26(23)22-7-6-17-4-2-3-5-18(17)15-22/h2-16,28H,1H3. The first-order valence-corrected chi connectivity index (χ1v) is 9.48. The van der Waals surface area contributed by atoms with Crippen LogP contribution in [0.25, 0.3) is 43.9 Å². The Kier molecular flexibility index (Phi) is 4.14. The van der Waals surface area contributed by atoms with Crippen LogP contribution in [-0.4, -0.2) is 17.2 Å². The van der Waals surface area contributed by atoms with Crippen LogP contribution in [0.1, 0.15) is 0 Å². The molecule has 1 heterocycles. The molecule has 0 saturated carbocycles. The minimum atomic E-state index is 0.139. The van der Waals surface area contributed by atoms with Crippen molar-refractivity contribution in [3.63, 3.8) is 0 Å². The molecule has 0 aliphatic carbocycles. The molecule has 1 N–H and O–H groups in total. The molecular formula is C26H19NO2. The van der Waals surface area contributed by atoms with Crippen LogP contribution in [0.4, 0.5) is 0 Å². The van der Waals surface area contributed by atoms with Gasteiger partial charge in [-0.15, -0.1) is 0 Å². The van der Waals surface area contributed by atoms with Gasteiger partial charge in [0.15, 0.2) is 11.5 Å². The first-order valence-electron chi connectivity index (χ1n) is 9.48. The first-order chi connectivity index (χ1) is 14.2. The quantitative estimate of drug-likeness (QED) is 0.394. The second-order valence-electron chi connectivity index (χ2n) is 7.04. The zero-order valence-corrected chi connectivity index (χ0v) is 16.0. The monoisotopic (exact) mass is 377 g/mol. The number of phenolic OH excluding ortho intramolecular Hbond substituents is 1. The van der Waals surface area contributed by atoms with Gasteiger partial charge < -0.3 is 9.84 Å². The Balaban J connectivity index is 1.63. The van der Waals surface area contributed by atoms with E-state index in [9.17, 15) is 5.11 Å². The van der Waals surface area contributed by atoms with Crippen LogP contribution in [0.3, 0.4) is 0 Å². The second kappa shape index (κ2) is 6.95. The number of methoxy groups -OCH3 is 1. The number of aromatic nitrogens is 1. The van der Waals surface area contributed by atoms with Gasteiger partial charge >= 0.3 is 0 Å². The van der Waals surface area contributed by atoms with E-state index in [0.717, 1.165) is 33.2 Å². The van der Waals surface area contributed by atoms with Crippen LogP contribution >= 0.6 is 0 Å². The number of pyridine rings is 1. The molecule has 3 heteroatoms.